The summed E-state index contributed by atoms with van der Waals surface area (Å²) in [7, 11) is 0. The van der Waals surface area contributed by atoms with Crippen molar-refractivity contribution >= 4 is 23.7 Å². The van der Waals surface area contributed by atoms with Gasteiger partial charge >= 0.3 is 0 Å². The van der Waals surface area contributed by atoms with Crippen LogP contribution in [0.5, 0.6) is 0 Å². The predicted octanol–water partition coefficient (Wildman–Crippen LogP) is 4.56. The molecule has 0 unspecified atom stereocenters. The van der Waals surface area contributed by atoms with E-state index >= 15 is 0 Å². The highest BCUT2D eigenvalue weighted by molar-refractivity contribution is 6.32. The second-order valence-corrected chi connectivity index (χ2v) is 10.1. The minimum atomic E-state index is 0.0385. The Hall–Kier alpha value is -1.36. The number of aromatic nitrogens is 2. The number of nitrogens with one attached hydrogen (secondary N) is 1. The molecule has 0 radical (unpaired) electrons. The van der Waals surface area contributed by atoms with Crippen LogP contribution in [0.3, 0.4) is 0 Å². The Balaban J connectivity index is 1.37. The molecule has 4 aliphatic carbocycles. The van der Waals surface area contributed by atoms with Crippen molar-refractivity contribution in [2.75, 3.05) is 0 Å². The second kappa shape index (κ2) is 7.23. The van der Waals surface area contributed by atoms with Gasteiger partial charge in [-0.1, -0.05) is 25.4 Å². The maximum absolute atomic E-state index is 12.6. The summed E-state index contributed by atoms with van der Waals surface area (Å²) in [6.45, 7) is 6.95. The third-order valence-electron chi connectivity index (χ3n) is 6.73. The number of hydrogen-bond donors (Lipinski definition) is 1. The van der Waals surface area contributed by atoms with E-state index in [1.165, 1.54) is 38.5 Å². The lowest BCUT2D eigenvalue weighted by Crippen LogP contribution is -2.47. The molecule has 4 bridgehead atoms. The Bertz CT molecular complexity index is 716. The zero-order valence-electron chi connectivity index (χ0n) is 16.7. The number of hydrogen-bond acceptors (Lipinski definition) is 3. The van der Waals surface area contributed by atoms with Crippen molar-refractivity contribution in [2.45, 2.75) is 72.3 Å². The molecular formula is C21H31ClN4O. The van der Waals surface area contributed by atoms with Gasteiger partial charge in [-0.25, -0.2) is 5.43 Å². The summed E-state index contributed by atoms with van der Waals surface area (Å²) in [5.41, 5.74) is 4.60. The molecule has 27 heavy (non-hydrogen) atoms. The molecule has 4 saturated carbocycles. The molecule has 0 aromatic carbocycles. The van der Waals surface area contributed by atoms with E-state index in [1.807, 2.05) is 6.92 Å². The second-order valence-electron chi connectivity index (χ2n) is 9.75. The zero-order chi connectivity index (χ0) is 19.2. The average molecular weight is 391 g/mol. The maximum atomic E-state index is 12.6. The van der Waals surface area contributed by atoms with Crippen LogP contribution in [0.25, 0.3) is 0 Å². The summed E-state index contributed by atoms with van der Waals surface area (Å²) >= 11 is 6.43. The van der Waals surface area contributed by atoms with Gasteiger partial charge in [0.05, 0.1) is 17.5 Å². The largest absolute Gasteiger partial charge is 0.273 e. The first kappa shape index (κ1) is 19.0. The Morgan fingerprint density at radius 2 is 1.89 bits per heavy atom. The van der Waals surface area contributed by atoms with E-state index in [0.29, 0.717) is 17.5 Å². The summed E-state index contributed by atoms with van der Waals surface area (Å²) in [5, 5.41) is 9.25. The van der Waals surface area contributed by atoms with Crippen LogP contribution in [-0.4, -0.2) is 21.9 Å². The molecular weight excluding hydrogens is 360 g/mol. The van der Waals surface area contributed by atoms with E-state index in [2.05, 4.69) is 29.5 Å². The Morgan fingerprint density at radius 1 is 1.30 bits per heavy atom. The summed E-state index contributed by atoms with van der Waals surface area (Å²) in [6, 6.07) is 0. The summed E-state index contributed by atoms with van der Waals surface area (Å²) in [6.07, 6.45) is 10.2. The highest BCUT2D eigenvalue weighted by Gasteiger charge is 2.51. The molecule has 1 aromatic heterocycles. The van der Waals surface area contributed by atoms with Crippen LogP contribution in [0, 0.1) is 36.0 Å². The number of aryl methyl sites for hydroxylation is 1. The monoisotopic (exact) mass is 390 g/mol. The Kier molecular flexibility index (Phi) is 5.08. The molecule has 0 aliphatic heterocycles. The highest BCUT2D eigenvalue weighted by atomic mass is 35.5. The van der Waals surface area contributed by atoms with Crippen LogP contribution >= 0.6 is 11.6 Å². The standard InChI is InChI=1S/C21H31ClN4O/c1-13(2)12-26-20(22)18(14(3)25-26)11-23-24-19(27)10-21-7-15-4-16(8-21)6-17(5-15)9-21/h11,13,15-17H,4-10,12H2,1-3H3,(H,24,27)/b23-11-. The van der Waals surface area contributed by atoms with Crippen LogP contribution in [0.2, 0.25) is 5.15 Å². The topological polar surface area (TPSA) is 59.3 Å². The number of rotatable bonds is 6. The number of amides is 1. The van der Waals surface area contributed by atoms with Crippen LogP contribution in [0.4, 0.5) is 0 Å². The molecule has 0 saturated heterocycles. The lowest BCUT2D eigenvalue weighted by molar-refractivity contribution is -0.129. The molecule has 6 heteroatoms. The fourth-order valence-corrected chi connectivity index (χ4v) is 6.53. The van der Waals surface area contributed by atoms with Gasteiger partial charge in [-0.3, -0.25) is 9.48 Å². The van der Waals surface area contributed by atoms with Gasteiger partial charge in [0.2, 0.25) is 5.91 Å². The predicted molar refractivity (Wildman–Crippen MR) is 108 cm³/mol. The fraction of sp³-hybridized carbons (Fsp3) is 0.762. The third-order valence-corrected chi connectivity index (χ3v) is 7.13. The van der Waals surface area contributed by atoms with Gasteiger partial charge in [-0.2, -0.15) is 10.2 Å². The van der Waals surface area contributed by atoms with Crippen LogP contribution in [-0.2, 0) is 11.3 Å². The Morgan fingerprint density at radius 3 is 2.44 bits per heavy atom. The molecule has 4 aliphatic rings. The zero-order valence-corrected chi connectivity index (χ0v) is 17.4. The van der Waals surface area contributed by atoms with E-state index in [1.54, 1.807) is 10.9 Å². The summed E-state index contributed by atoms with van der Waals surface area (Å²) in [5.74, 6) is 3.09. The number of carbonyl (C=O) groups excluding carboxylic acids is 1. The highest BCUT2D eigenvalue weighted by Crippen LogP contribution is 2.61. The smallest absolute Gasteiger partial charge is 0.240 e. The van der Waals surface area contributed by atoms with Gasteiger partial charge in [0.1, 0.15) is 5.15 Å². The van der Waals surface area contributed by atoms with Gasteiger partial charge in [0.15, 0.2) is 0 Å². The van der Waals surface area contributed by atoms with E-state index in [4.69, 9.17) is 11.6 Å². The SMILES string of the molecule is Cc1nn(CC(C)C)c(Cl)c1/C=N\NC(=O)CC12CC3CC(CC(C3)C1)C2. The van der Waals surface area contributed by atoms with Crippen LogP contribution < -0.4 is 5.43 Å². The quantitative estimate of drug-likeness (QED) is 0.571. The van der Waals surface area contributed by atoms with E-state index in [0.717, 1.165) is 35.6 Å². The van der Waals surface area contributed by atoms with Gasteiger partial charge in [-0.05, 0) is 74.5 Å². The fourth-order valence-electron chi connectivity index (χ4n) is 6.24. The first-order valence-electron chi connectivity index (χ1n) is 10.4. The number of nitrogens with zero attached hydrogens (tertiary/aromatic N) is 3. The van der Waals surface area contributed by atoms with Crippen LogP contribution in [0.15, 0.2) is 5.10 Å². The van der Waals surface area contributed by atoms with Crippen LogP contribution in [0.1, 0.15) is 70.1 Å². The van der Waals surface area contributed by atoms with Crippen molar-refractivity contribution < 1.29 is 4.79 Å². The van der Waals surface area contributed by atoms with Crippen molar-refractivity contribution in [1.29, 1.82) is 0 Å². The summed E-state index contributed by atoms with van der Waals surface area (Å²) in [4.78, 5) is 12.6. The number of carbonyl (C=O) groups is 1. The molecule has 5 nitrogen and oxygen atoms in total. The number of hydrazone groups is 1. The lowest BCUT2D eigenvalue weighted by Gasteiger charge is -2.56. The molecule has 0 spiro atoms. The molecule has 0 atom stereocenters. The minimum absolute atomic E-state index is 0.0385. The molecule has 148 valence electrons. The first-order valence-corrected chi connectivity index (χ1v) is 10.8. The molecule has 1 aromatic rings. The van der Waals surface area contributed by atoms with E-state index < -0.39 is 0 Å². The number of halogens is 1. The van der Waals surface area contributed by atoms with Crippen molar-refractivity contribution in [1.82, 2.24) is 15.2 Å². The lowest BCUT2D eigenvalue weighted by atomic mass is 9.49. The molecule has 1 N–H and O–H groups in total. The minimum Gasteiger partial charge on any atom is -0.273 e. The van der Waals surface area contributed by atoms with E-state index in [9.17, 15) is 4.79 Å². The average Bonchev–Trinajstić information content (AvgIpc) is 2.79. The summed E-state index contributed by atoms with van der Waals surface area (Å²) < 4.78 is 1.81. The Labute approximate surface area is 166 Å². The van der Waals surface area contributed by atoms with Gasteiger partial charge in [0, 0.05) is 13.0 Å². The molecule has 4 fully saturated rings. The van der Waals surface area contributed by atoms with Gasteiger partial charge < -0.3 is 0 Å². The van der Waals surface area contributed by atoms with Crippen molar-refractivity contribution in [3.63, 3.8) is 0 Å². The first-order chi connectivity index (χ1) is 12.8. The van der Waals surface area contributed by atoms with Gasteiger partial charge in [-0.15, -0.1) is 0 Å². The molecule has 1 heterocycles. The molecule has 5 rings (SSSR count). The van der Waals surface area contributed by atoms with Crippen molar-refractivity contribution in [2.24, 2.45) is 34.2 Å². The molecule has 1 amide bonds. The van der Waals surface area contributed by atoms with E-state index in [-0.39, 0.29) is 11.3 Å². The van der Waals surface area contributed by atoms with Gasteiger partial charge in [0.25, 0.3) is 0 Å². The maximum Gasteiger partial charge on any atom is 0.240 e. The normalized spacial score (nSPS) is 32.0. The van der Waals surface area contributed by atoms with Crippen molar-refractivity contribution in [3.8, 4) is 0 Å². The van der Waals surface area contributed by atoms with Crippen molar-refractivity contribution in [3.05, 3.63) is 16.4 Å². The third kappa shape index (κ3) is 3.94.